The SMILES string of the molecule is COCC(O)CN1CCC(NC(C)c2cccc(C)c2C)CC1. The number of nitrogens with zero attached hydrogens (tertiary/aromatic N) is 1. The molecule has 1 saturated heterocycles. The lowest BCUT2D eigenvalue weighted by atomic mass is 9.96. The third-order valence-electron chi connectivity index (χ3n) is 5.01. The summed E-state index contributed by atoms with van der Waals surface area (Å²) in [4.78, 5) is 2.34. The van der Waals surface area contributed by atoms with Gasteiger partial charge in [0.15, 0.2) is 0 Å². The molecule has 4 heteroatoms. The van der Waals surface area contributed by atoms with Crippen molar-refractivity contribution in [3.05, 3.63) is 34.9 Å². The number of methoxy groups -OCH3 is 1. The van der Waals surface area contributed by atoms with E-state index in [1.165, 1.54) is 16.7 Å². The van der Waals surface area contributed by atoms with Gasteiger partial charge in [-0.15, -0.1) is 0 Å². The fourth-order valence-corrected chi connectivity index (χ4v) is 3.51. The molecule has 2 unspecified atom stereocenters. The van der Waals surface area contributed by atoms with Crippen LogP contribution in [0.1, 0.15) is 42.5 Å². The number of aliphatic hydroxyl groups excluding tert-OH is 1. The van der Waals surface area contributed by atoms with Gasteiger partial charge in [-0.1, -0.05) is 18.2 Å². The first-order valence-electron chi connectivity index (χ1n) is 8.72. The highest BCUT2D eigenvalue weighted by atomic mass is 16.5. The number of β-amino-alcohol motifs (C(OH)–C–C–N with tert-alkyl or cyclic N) is 1. The Bertz CT molecular complexity index is 484. The largest absolute Gasteiger partial charge is 0.389 e. The van der Waals surface area contributed by atoms with Gasteiger partial charge in [0.2, 0.25) is 0 Å². The van der Waals surface area contributed by atoms with Crippen LogP contribution in [0, 0.1) is 13.8 Å². The van der Waals surface area contributed by atoms with Gasteiger partial charge in [0.1, 0.15) is 0 Å². The minimum atomic E-state index is -0.377. The third kappa shape index (κ3) is 5.28. The first-order valence-corrected chi connectivity index (χ1v) is 8.72. The summed E-state index contributed by atoms with van der Waals surface area (Å²) < 4.78 is 5.00. The van der Waals surface area contributed by atoms with Crippen LogP contribution in [-0.2, 0) is 4.74 Å². The highest BCUT2D eigenvalue weighted by Crippen LogP contribution is 2.22. The maximum absolute atomic E-state index is 9.84. The first kappa shape index (κ1) is 18.4. The zero-order chi connectivity index (χ0) is 16.8. The fourth-order valence-electron chi connectivity index (χ4n) is 3.51. The Hall–Kier alpha value is -0.940. The van der Waals surface area contributed by atoms with Gasteiger partial charge in [0, 0.05) is 25.7 Å². The lowest BCUT2D eigenvalue weighted by Crippen LogP contribution is -2.46. The third-order valence-corrected chi connectivity index (χ3v) is 5.01. The molecular formula is C19H32N2O2. The van der Waals surface area contributed by atoms with Crippen molar-refractivity contribution in [3.63, 3.8) is 0 Å². The van der Waals surface area contributed by atoms with Gasteiger partial charge in [-0.3, -0.25) is 0 Å². The van der Waals surface area contributed by atoms with E-state index < -0.39 is 0 Å². The van der Waals surface area contributed by atoms with E-state index in [2.05, 4.69) is 49.2 Å². The predicted molar refractivity (Wildman–Crippen MR) is 94.8 cm³/mol. The van der Waals surface area contributed by atoms with Crippen LogP contribution in [0.2, 0.25) is 0 Å². The molecule has 0 saturated carbocycles. The second kappa shape index (κ2) is 8.78. The molecule has 130 valence electrons. The average Bonchev–Trinajstić information content (AvgIpc) is 2.52. The molecular weight excluding hydrogens is 288 g/mol. The molecule has 0 amide bonds. The average molecular weight is 320 g/mol. The summed E-state index contributed by atoms with van der Waals surface area (Å²) in [7, 11) is 1.63. The molecule has 2 rings (SSSR count). The number of benzene rings is 1. The van der Waals surface area contributed by atoms with Crippen molar-refractivity contribution in [3.8, 4) is 0 Å². The Morgan fingerprint density at radius 1 is 1.30 bits per heavy atom. The lowest BCUT2D eigenvalue weighted by Gasteiger charge is -2.35. The zero-order valence-corrected chi connectivity index (χ0v) is 15.0. The Morgan fingerprint density at radius 2 is 2.00 bits per heavy atom. The van der Waals surface area contributed by atoms with Gasteiger partial charge in [0.05, 0.1) is 12.7 Å². The van der Waals surface area contributed by atoms with Crippen molar-refractivity contribution in [1.82, 2.24) is 10.2 Å². The Balaban J connectivity index is 1.81. The van der Waals surface area contributed by atoms with E-state index >= 15 is 0 Å². The van der Waals surface area contributed by atoms with E-state index in [0.29, 0.717) is 25.2 Å². The van der Waals surface area contributed by atoms with Crippen molar-refractivity contribution >= 4 is 0 Å². The number of ether oxygens (including phenoxy) is 1. The second-order valence-electron chi connectivity index (χ2n) is 6.86. The number of aryl methyl sites for hydroxylation is 1. The minimum Gasteiger partial charge on any atom is -0.389 e. The van der Waals surface area contributed by atoms with E-state index in [0.717, 1.165) is 25.9 Å². The minimum absolute atomic E-state index is 0.377. The van der Waals surface area contributed by atoms with Crippen molar-refractivity contribution < 1.29 is 9.84 Å². The van der Waals surface area contributed by atoms with Crippen molar-refractivity contribution in [2.24, 2.45) is 0 Å². The van der Waals surface area contributed by atoms with E-state index in [-0.39, 0.29) is 6.10 Å². The van der Waals surface area contributed by atoms with E-state index in [1.807, 2.05) is 0 Å². The smallest absolute Gasteiger partial charge is 0.0900 e. The van der Waals surface area contributed by atoms with Gasteiger partial charge in [-0.2, -0.15) is 0 Å². The van der Waals surface area contributed by atoms with Crippen LogP contribution in [0.4, 0.5) is 0 Å². The van der Waals surface area contributed by atoms with E-state index in [1.54, 1.807) is 7.11 Å². The molecule has 23 heavy (non-hydrogen) atoms. The Kier molecular flexibility index (Phi) is 7.03. The molecule has 2 atom stereocenters. The van der Waals surface area contributed by atoms with Crippen LogP contribution >= 0.6 is 0 Å². The summed E-state index contributed by atoms with van der Waals surface area (Å²) >= 11 is 0. The van der Waals surface area contributed by atoms with Crippen molar-refractivity contribution in [1.29, 1.82) is 0 Å². The summed E-state index contributed by atoms with van der Waals surface area (Å²) in [5.74, 6) is 0. The Labute approximate surface area is 140 Å². The molecule has 1 heterocycles. The summed E-state index contributed by atoms with van der Waals surface area (Å²) in [5.41, 5.74) is 4.16. The first-order chi connectivity index (χ1) is 11.0. The summed E-state index contributed by atoms with van der Waals surface area (Å²) in [5, 5.41) is 13.6. The van der Waals surface area contributed by atoms with Crippen molar-refractivity contribution in [2.45, 2.75) is 51.8 Å². The number of nitrogens with one attached hydrogen (secondary N) is 1. The quantitative estimate of drug-likeness (QED) is 0.810. The van der Waals surface area contributed by atoms with Gasteiger partial charge >= 0.3 is 0 Å². The predicted octanol–water partition coefficient (Wildman–Crippen LogP) is 2.43. The number of likely N-dealkylation sites (tertiary alicyclic amines) is 1. The number of aliphatic hydroxyl groups is 1. The topological polar surface area (TPSA) is 44.7 Å². The number of rotatable bonds is 7. The van der Waals surface area contributed by atoms with Crippen LogP contribution in [-0.4, -0.2) is 55.5 Å². The van der Waals surface area contributed by atoms with Crippen LogP contribution in [0.5, 0.6) is 0 Å². The Morgan fingerprint density at radius 3 is 2.65 bits per heavy atom. The molecule has 1 aromatic carbocycles. The molecule has 0 bridgehead atoms. The normalized spacial score (nSPS) is 19.7. The maximum atomic E-state index is 9.84. The van der Waals surface area contributed by atoms with Crippen LogP contribution in [0.25, 0.3) is 0 Å². The standard InChI is InChI=1S/C19H32N2O2/c1-14-6-5-7-19(15(14)2)16(3)20-17-8-10-21(11-9-17)12-18(22)13-23-4/h5-7,16-18,20,22H,8-13H2,1-4H3. The monoisotopic (exact) mass is 320 g/mol. The molecule has 0 aliphatic carbocycles. The highest BCUT2D eigenvalue weighted by Gasteiger charge is 2.22. The highest BCUT2D eigenvalue weighted by molar-refractivity contribution is 5.35. The molecule has 0 spiro atoms. The van der Waals surface area contributed by atoms with Crippen LogP contribution in [0.3, 0.4) is 0 Å². The molecule has 4 nitrogen and oxygen atoms in total. The second-order valence-corrected chi connectivity index (χ2v) is 6.86. The van der Waals surface area contributed by atoms with Crippen LogP contribution < -0.4 is 5.32 Å². The molecule has 0 radical (unpaired) electrons. The van der Waals surface area contributed by atoms with E-state index in [9.17, 15) is 5.11 Å². The molecule has 1 aliphatic rings. The number of hydrogen-bond acceptors (Lipinski definition) is 4. The molecule has 1 fully saturated rings. The lowest BCUT2D eigenvalue weighted by molar-refractivity contribution is 0.0308. The van der Waals surface area contributed by atoms with Crippen LogP contribution in [0.15, 0.2) is 18.2 Å². The van der Waals surface area contributed by atoms with Crippen molar-refractivity contribution in [2.75, 3.05) is 33.4 Å². The number of piperidine rings is 1. The summed E-state index contributed by atoms with van der Waals surface area (Å²) in [6.45, 7) is 9.86. The van der Waals surface area contributed by atoms with Gasteiger partial charge in [-0.25, -0.2) is 0 Å². The fraction of sp³-hybridized carbons (Fsp3) is 0.684. The zero-order valence-electron chi connectivity index (χ0n) is 15.0. The molecule has 0 aromatic heterocycles. The number of hydrogen-bond donors (Lipinski definition) is 2. The summed E-state index contributed by atoms with van der Waals surface area (Å²) in [6, 6.07) is 7.49. The molecule has 1 aliphatic heterocycles. The molecule has 1 aromatic rings. The summed E-state index contributed by atoms with van der Waals surface area (Å²) in [6.07, 6.45) is 1.89. The maximum Gasteiger partial charge on any atom is 0.0900 e. The molecule has 2 N–H and O–H groups in total. The van der Waals surface area contributed by atoms with E-state index in [4.69, 9.17) is 4.74 Å². The van der Waals surface area contributed by atoms with Gasteiger partial charge < -0.3 is 20.1 Å². The van der Waals surface area contributed by atoms with Gasteiger partial charge in [-0.05, 0) is 63.4 Å². The van der Waals surface area contributed by atoms with Gasteiger partial charge in [0.25, 0.3) is 0 Å².